The molecular formula is C14H17Cl2NO2. The number of halogens is 2. The lowest BCUT2D eigenvalue weighted by molar-refractivity contribution is 0.0524. The second-order valence-corrected chi connectivity index (χ2v) is 5.80. The fourth-order valence-corrected chi connectivity index (χ4v) is 2.78. The number of carbonyl (C=O) groups is 1. The molecule has 0 aliphatic heterocycles. The van der Waals surface area contributed by atoms with Crippen molar-refractivity contribution in [2.45, 2.75) is 38.7 Å². The van der Waals surface area contributed by atoms with Crippen molar-refractivity contribution in [2.75, 3.05) is 5.32 Å². The van der Waals surface area contributed by atoms with Crippen LogP contribution in [0.1, 0.15) is 32.6 Å². The van der Waals surface area contributed by atoms with Gasteiger partial charge in [-0.05, 0) is 43.4 Å². The topological polar surface area (TPSA) is 38.3 Å². The van der Waals surface area contributed by atoms with E-state index in [-0.39, 0.29) is 6.10 Å². The predicted octanol–water partition coefficient (Wildman–Crippen LogP) is 5.12. The van der Waals surface area contributed by atoms with Gasteiger partial charge >= 0.3 is 6.09 Å². The molecule has 5 heteroatoms. The Bertz CT molecular complexity index is 465. The van der Waals surface area contributed by atoms with Gasteiger partial charge in [-0.3, -0.25) is 5.32 Å². The zero-order valence-electron chi connectivity index (χ0n) is 10.8. The third-order valence-electron chi connectivity index (χ3n) is 3.46. The van der Waals surface area contributed by atoms with Crippen molar-refractivity contribution < 1.29 is 9.53 Å². The molecule has 1 fully saturated rings. The molecule has 1 aliphatic carbocycles. The summed E-state index contributed by atoms with van der Waals surface area (Å²) in [5.41, 5.74) is 0.513. The maximum Gasteiger partial charge on any atom is 0.411 e. The first-order chi connectivity index (χ1) is 9.06. The van der Waals surface area contributed by atoms with E-state index in [9.17, 15) is 4.79 Å². The lowest BCUT2D eigenvalue weighted by Gasteiger charge is -2.28. The molecule has 2 rings (SSSR count). The van der Waals surface area contributed by atoms with Gasteiger partial charge in [0.2, 0.25) is 0 Å². The molecule has 1 saturated carbocycles. The highest BCUT2D eigenvalue weighted by atomic mass is 35.5. The highest BCUT2D eigenvalue weighted by molar-refractivity contribution is 6.36. The molecule has 0 aromatic heterocycles. The van der Waals surface area contributed by atoms with Crippen LogP contribution in [0.25, 0.3) is 0 Å². The van der Waals surface area contributed by atoms with Gasteiger partial charge in [0.1, 0.15) is 6.10 Å². The van der Waals surface area contributed by atoms with E-state index in [1.807, 2.05) is 0 Å². The van der Waals surface area contributed by atoms with Crippen LogP contribution >= 0.6 is 23.2 Å². The fraction of sp³-hybridized carbons (Fsp3) is 0.500. The zero-order chi connectivity index (χ0) is 13.8. The maximum atomic E-state index is 11.8. The SMILES string of the molecule is C[C@@H]1CCCC[C@@H]1OC(=O)Nc1ccc(Cl)cc1Cl. The molecule has 104 valence electrons. The average molecular weight is 302 g/mol. The Morgan fingerprint density at radius 3 is 2.74 bits per heavy atom. The van der Waals surface area contributed by atoms with E-state index in [4.69, 9.17) is 27.9 Å². The molecule has 0 unspecified atom stereocenters. The number of nitrogens with one attached hydrogen (secondary N) is 1. The van der Waals surface area contributed by atoms with Gasteiger partial charge in [-0.25, -0.2) is 4.79 Å². The molecule has 1 aromatic rings. The summed E-state index contributed by atoms with van der Waals surface area (Å²) >= 11 is 11.8. The van der Waals surface area contributed by atoms with Gasteiger partial charge in [-0.15, -0.1) is 0 Å². The summed E-state index contributed by atoms with van der Waals surface area (Å²) in [7, 11) is 0. The average Bonchev–Trinajstić information content (AvgIpc) is 2.36. The molecule has 0 heterocycles. The number of amides is 1. The smallest absolute Gasteiger partial charge is 0.411 e. The van der Waals surface area contributed by atoms with E-state index >= 15 is 0 Å². The first-order valence-corrected chi connectivity index (χ1v) is 7.24. The molecule has 0 bridgehead atoms. The lowest BCUT2D eigenvalue weighted by atomic mass is 9.88. The van der Waals surface area contributed by atoms with Crippen molar-refractivity contribution in [1.82, 2.24) is 0 Å². The van der Waals surface area contributed by atoms with E-state index < -0.39 is 6.09 Å². The van der Waals surface area contributed by atoms with Gasteiger partial charge in [0.25, 0.3) is 0 Å². The predicted molar refractivity (Wildman–Crippen MR) is 78.0 cm³/mol. The van der Waals surface area contributed by atoms with Crippen molar-refractivity contribution in [3.63, 3.8) is 0 Å². The monoisotopic (exact) mass is 301 g/mol. The normalized spacial score (nSPS) is 22.9. The Hall–Kier alpha value is -0.930. The van der Waals surface area contributed by atoms with Crippen molar-refractivity contribution in [3.05, 3.63) is 28.2 Å². The number of hydrogen-bond donors (Lipinski definition) is 1. The molecule has 1 N–H and O–H groups in total. The van der Waals surface area contributed by atoms with Crippen molar-refractivity contribution in [1.29, 1.82) is 0 Å². The Balaban J connectivity index is 1.93. The van der Waals surface area contributed by atoms with Crippen molar-refractivity contribution >= 4 is 35.0 Å². The quantitative estimate of drug-likeness (QED) is 0.823. The van der Waals surface area contributed by atoms with Gasteiger partial charge < -0.3 is 4.74 Å². The molecule has 2 atom stereocenters. The summed E-state index contributed by atoms with van der Waals surface area (Å²) in [6, 6.07) is 4.92. The van der Waals surface area contributed by atoms with E-state index in [1.165, 1.54) is 6.42 Å². The van der Waals surface area contributed by atoms with E-state index in [0.717, 1.165) is 19.3 Å². The molecule has 0 saturated heterocycles. The zero-order valence-corrected chi connectivity index (χ0v) is 12.3. The highest BCUT2D eigenvalue weighted by Gasteiger charge is 2.24. The fourth-order valence-electron chi connectivity index (χ4n) is 2.33. The maximum absolute atomic E-state index is 11.8. The third kappa shape index (κ3) is 4.02. The largest absolute Gasteiger partial charge is 0.446 e. The van der Waals surface area contributed by atoms with Gasteiger partial charge in [-0.1, -0.05) is 36.5 Å². The molecule has 0 spiro atoms. The first-order valence-electron chi connectivity index (χ1n) is 6.49. The van der Waals surface area contributed by atoms with Crippen LogP contribution < -0.4 is 5.32 Å². The summed E-state index contributed by atoms with van der Waals surface area (Å²) in [6.07, 6.45) is 3.92. The molecule has 19 heavy (non-hydrogen) atoms. The number of benzene rings is 1. The molecule has 3 nitrogen and oxygen atoms in total. The summed E-state index contributed by atoms with van der Waals surface area (Å²) in [4.78, 5) is 11.8. The van der Waals surface area contributed by atoms with E-state index in [1.54, 1.807) is 18.2 Å². The Morgan fingerprint density at radius 1 is 1.32 bits per heavy atom. The van der Waals surface area contributed by atoms with Crippen LogP contribution in [-0.2, 0) is 4.74 Å². The van der Waals surface area contributed by atoms with E-state index in [2.05, 4.69) is 12.2 Å². The van der Waals surface area contributed by atoms with Gasteiger partial charge in [-0.2, -0.15) is 0 Å². The second-order valence-electron chi connectivity index (χ2n) is 4.95. The summed E-state index contributed by atoms with van der Waals surface area (Å²) in [6.45, 7) is 2.12. The number of hydrogen-bond acceptors (Lipinski definition) is 2. The summed E-state index contributed by atoms with van der Waals surface area (Å²) in [5, 5.41) is 3.59. The number of rotatable bonds is 2. The Kier molecular flexibility index (Phi) is 4.94. The molecule has 1 amide bonds. The highest BCUT2D eigenvalue weighted by Crippen LogP contribution is 2.28. The summed E-state index contributed by atoms with van der Waals surface area (Å²) in [5.74, 6) is 0.417. The van der Waals surface area contributed by atoms with Crippen LogP contribution in [0.2, 0.25) is 10.0 Å². The molecule has 1 aromatic carbocycles. The van der Waals surface area contributed by atoms with Crippen LogP contribution in [-0.4, -0.2) is 12.2 Å². The van der Waals surface area contributed by atoms with Crippen molar-refractivity contribution in [3.8, 4) is 0 Å². The molecule has 1 aliphatic rings. The van der Waals surface area contributed by atoms with Gasteiger partial charge in [0, 0.05) is 5.02 Å². The third-order valence-corrected chi connectivity index (χ3v) is 4.01. The Morgan fingerprint density at radius 2 is 2.05 bits per heavy atom. The minimum absolute atomic E-state index is 0.000161. The molecule has 0 radical (unpaired) electrons. The first kappa shape index (κ1) is 14.5. The minimum atomic E-state index is -0.456. The van der Waals surface area contributed by atoms with Crippen molar-refractivity contribution in [2.24, 2.45) is 5.92 Å². The van der Waals surface area contributed by atoms with Crippen LogP contribution in [0.5, 0.6) is 0 Å². The second kappa shape index (κ2) is 6.49. The number of carbonyl (C=O) groups excluding carboxylic acids is 1. The van der Waals surface area contributed by atoms with E-state index in [0.29, 0.717) is 21.7 Å². The standard InChI is InChI=1S/C14H17Cl2NO2/c1-9-4-2-3-5-13(9)19-14(18)17-12-7-6-10(15)8-11(12)16/h6-9,13H,2-5H2,1H3,(H,17,18)/t9-,13+/m1/s1. The van der Waals surface area contributed by atoms with Gasteiger partial charge in [0.15, 0.2) is 0 Å². The summed E-state index contributed by atoms with van der Waals surface area (Å²) < 4.78 is 5.45. The Labute approximate surface area is 123 Å². The van der Waals surface area contributed by atoms with Gasteiger partial charge in [0.05, 0.1) is 10.7 Å². The number of anilines is 1. The minimum Gasteiger partial charge on any atom is -0.446 e. The number of ether oxygens (including phenoxy) is 1. The van der Waals surface area contributed by atoms with Crippen LogP contribution in [0, 0.1) is 5.92 Å². The molecular weight excluding hydrogens is 285 g/mol. The van der Waals surface area contributed by atoms with Crippen LogP contribution in [0.15, 0.2) is 18.2 Å². The van der Waals surface area contributed by atoms with Crippen LogP contribution in [0.4, 0.5) is 10.5 Å². The van der Waals surface area contributed by atoms with Crippen LogP contribution in [0.3, 0.4) is 0 Å². The lowest BCUT2D eigenvalue weighted by Crippen LogP contribution is -2.30.